The molecule has 1 saturated heterocycles. The second kappa shape index (κ2) is 10.6. The predicted molar refractivity (Wildman–Crippen MR) is 133 cm³/mol. The number of aromatic carboxylic acids is 1. The van der Waals surface area contributed by atoms with E-state index in [-0.39, 0.29) is 17.7 Å². The van der Waals surface area contributed by atoms with E-state index in [9.17, 15) is 9.59 Å². The van der Waals surface area contributed by atoms with Gasteiger partial charge in [0.2, 0.25) is 0 Å². The van der Waals surface area contributed by atoms with Crippen LogP contribution in [-0.4, -0.2) is 61.8 Å². The molecule has 188 valence electrons. The van der Waals surface area contributed by atoms with E-state index < -0.39 is 11.6 Å². The summed E-state index contributed by atoms with van der Waals surface area (Å²) in [5, 5.41) is 9.16. The first-order valence-electron chi connectivity index (χ1n) is 11.7. The van der Waals surface area contributed by atoms with Crippen molar-refractivity contribution in [2.75, 3.05) is 18.0 Å². The summed E-state index contributed by atoms with van der Waals surface area (Å²) in [7, 11) is 0. The molecule has 2 aromatic heterocycles. The number of carboxylic acids is 1. The van der Waals surface area contributed by atoms with Gasteiger partial charge in [-0.1, -0.05) is 0 Å². The summed E-state index contributed by atoms with van der Waals surface area (Å²) >= 11 is 0. The van der Waals surface area contributed by atoms with E-state index in [1.54, 1.807) is 47.9 Å². The van der Waals surface area contributed by atoms with Crippen LogP contribution in [0, 0.1) is 0 Å². The summed E-state index contributed by atoms with van der Waals surface area (Å²) in [5.41, 5.74) is 0.958. The van der Waals surface area contributed by atoms with E-state index in [1.807, 2.05) is 25.7 Å². The van der Waals surface area contributed by atoms with Gasteiger partial charge in [-0.05, 0) is 57.9 Å². The average Bonchev–Trinajstić information content (AvgIpc) is 3.31. The number of rotatable bonds is 7. The summed E-state index contributed by atoms with van der Waals surface area (Å²) in [6.45, 7) is 6.63. The molecule has 0 radical (unpaired) electrons. The van der Waals surface area contributed by atoms with Crippen LogP contribution < -0.4 is 9.64 Å². The zero-order valence-corrected chi connectivity index (χ0v) is 20.5. The van der Waals surface area contributed by atoms with Gasteiger partial charge >= 0.3 is 12.1 Å². The molecule has 1 aromatic carbocycles. The van der Waals surface area contributed by atoms with E-state index in [2.05, 4.69) is 15.0 Å². The molecule has 0 bridgehead atoms. The van der Waals surface area contributed by atoms with E-state index in [1.165, 1.54) is 18.5 Å². The highest BCUT2D eigenvalue weighted by Gasteiger charge is 2.34. The first-order valence-corrected chi connectivity index (χ1v) is 11.7. The number of hydrogen-bond donors (Lipinski definition) is 1. The van der Waals surface area contributed by atoms with Crippen LogP contribution in [0.2, 0.25) is 0 Å². The van der Waals surface area contributed by atoms with Crippen molar-refractivity contribution in [2.45, 2.75) is 45.3 Å². The average molecular weight is 492 g/mol. The number of aromatic nitrogens is 3. The van der Waals surface area contributed by atoms with Crippen molar-refractivity contribution >= 4 is 23.4 Å². The predicted octanol–water partition coefficient (Wildman–Crippen LogP) is 4.90. The Labute approximate surface area is 209 Å². The minimum absolute atomic E-state index is 0.108. The molecule has 1 N–H and O–H groups in total. The van der Waals surface area contributed by atoms with E-state index in [4.69, 9.17) is 14.6 Å². The Balaban J connectivity index is 1.64. The molecule has 0 aliphatic carbocycles. The van der Waals surface area contributed by atoms with Gasteiger partial charge in [0, 0.05) is 25.4 Å². The van der Waals surface area contributed by atoms with Crippen LogP contribution in [0.4, 0.5) is 16.2 Å². The minimum Gasteiger partial charge on any atom is -0.478 e. The number of carboxylic acid groups (broad SMARTS) is 1. The summed E-state index contributed by atoms with van der Waals surface area (Å²) in [6.07, 6.45) is 9.49. The molecule has 1 fully saturated rings. The third-order valence-corrected chi connectivity index (χ3v) is 5.64. The van der Waals surface area contributed by atoms with Crippen LogP contribution in [0.1, 0.15) is 44.0 Å². The van der Waals surface area contributed by atoms with Gasteiger partial charge < -0.3 is 24.4 Å². The van der Waals surface area contributed by atoms with Gasteiger partial charge in [-0.25, -0.2) is 19.6 Å². The van der Waals surface area contributed by atoms with Crippen LogP contribution in [0.5, 0.6) is 11.5 Å². The Morgan fingerprint density at radius 1 is 1.08 bits per heavy atom. The molecular formula is C26H29N5O5. The molecule has 4 rings (SSSR count). The van der Waals surface area contributed by atoms with Gasteiger partial charge in [0.25, 0.3) is 0 Å². The van der Waals surface area contributed by atoms with E-state index >= 15 is 0 Å². The normalized spacial score (nSPS) is 15.4. The van der Waals surface area contributed by atoms with E-state index in [0.717, 1.165) is 12.8 Å². The van der Waals surface area contributed by atoms with Gasteiger partial charge in [0.15, 0.2) is 5.75 Å². The molecule has 1 aliphatic heterocycles. The SMILES string of the molecule is CC(C)(C)OC(=O)N1CCCC1CN(c1cncnc1)c1cnccc1Oc1ccc(C(=O)O)cc1. The Kier molecular flexibility index (Phi) is 7.33. The number of anilines is 2. The second-order valence-corrected chi connectivity index (χ2v) is 9.45. The largest absolute Gasteiger partial charge is 0.478 e. The molecule has 1 aliphatic rings. The quantitative estimate of drug-likeness (QED) is 0.492. The summed E-state index contributed by atoms with van der Waals surface area (Å²) in [4.78, 5) is 40.5. The standard InChI is InChI=1S/C26H29N5O5/c1-26(2,3)36-25(34)30-12-4-5-19(30)16-31(20-13-28-17-29-14-20)22-15-27-11-10-23(22)35-21-8-6-18(7-9-21)24(32)33/h6-11,13-15,17,19H,4-5,12,16H2,1-3H3,(H,32,33). The fourth-order valence-corrected chi connectivity index (χ4v) is 4.03. The number of amides is 1. The molecule has 10 nitrogen and oxygen atoms in total. The topological polar surface area (TPSA) is 118 Å². The van der Waals surface area contributed by atoms with Crippen LogP contribution in [0.25, 0.3) is 0 Å². The molecule has 1 unspecified atom stereocenters. The number of carbonyl (C=O) groups excluding carboxylic acids is 1. The number of hydrogen-bond acceptors (Lipinski definition) is 8. The lowest BCUT2D eigenvalue weighted by molar-refractivity contribution is 0.0232. The molecule has 3 heterocycles. The lowest BCUT2D eigenvalue weighted by atomic mass is 10.1. The maximum absolute atomic E-state index is 12.9. The molecule has 0 spiro atoms. The fourth-order valence-electron chi connectivity index (χ4n) is 4.03. The molecule has 10 heteroatoms. The number of pyridine rings is 1. The number of benzene rings is 1. The van der Waals surface area contributed by atoms with E-state index in [0.29, 0.717) is 36.0 Å². The van der Waals surface area contributed by atoms with Crippen molar-refractivity contribution in [1.82, 2.24) is 19.9 Å². The monoisotopic (exact) mass is 491 g/mol. The first-order chi connectivity index (χ1) is 17.2. The lowest BCUT2D eigenvalue weighted by Crippen LogP contribution is -2.44. The van der Waals surface area contributed by atoms with Crippen molar-refractivity contribution in [3.63, 3.8) is 0 Å². The lowest BCUT2D eigenvalue weighted by Gasteiger charge is -2.33. The van der Waals surface area contributed by atoms with Crippen molar-refractivity contribution < 1.29 is 24.2 Å². The van der Waals surface area contributed by atoms with Gasteiger partial charge in [-0.2, -0.15) is 0 Å². The Bertz CT molecular complexity index is 1200. The molecule has 1 atom stereocenters. The summed E-state index contributed by atoms with van der Waals surface area (Å²) in [6, 6.07) is 7.80. The molecular weight excluding hydrogens is 462 g/mol. The maximum Gasteiger partial charge on any atom is 0.410 e. The molecule has 3 aromatic rings. The third-order valence-electron chi connectivity index (χ3n) is 5.64. The van der Waals surface area contributed by atoms with Gasteiger partial charge in [0.1, 0.15) is 23.4 Å². The fraction of sp³-hybridized carbons (Fsp3) is 0.346. The Morgan fingerprint density at radius 3 is 2.47 bits per heavy atom. The zero-order valence-electron chi connectivity index (χ0n) is 20.5. The number of carbonyl (C=O) groups is 2. The van der Waals surface area contributed by atoms with Gasteiger partial charge in [-0.15, -0.1) is 0 Å². The minimum atomic E-state index is -1.01. The van der Waals surface area contributed by atoms with Crippen molar-refractivity contribution in [3.05, 3.63) is 67.0 Å². The van der Waals surface area contributed by atoms with Crippen LogP contribution in [0.15, 0.2) is 61.4 Å². The maximum atomic E-state index is 12.9. The highest BCUT2D eigenvalue weighted by atomic mass is 16.6. The number of likely N-dealkylation sites (tertiary alicyclic amines) is 1. The highest BCUT2D eigenvalue weighted by molar-refractivity contribution is 5.87. The zero-order chi connectivity index (χ0) is 25.7. The highest BCUT2D eigenvalue weighted by Crippen LogP contribution is 2.37. The van der Waals surface area contributed by atoms with Gasteiger partial charge in [0.05, 0.1) is 35.9 Å². The van der Waals surface area contributed by atoms with Crippen LogP contribution in [0.3, 0.4) is 0 Å². The smallest absolute Gasteiger partial charge is 0.410 e. The van der Waals surface area contributed by atoms with Gasteiger partial charge in [-0.3, -0.25) is 4.98 Å². The first kappa shape index (κ1) is 24.9. The molecule has 1 amide bonds. The number of ether oxygens (including phenoxy) is 2. The van der Waals surface area contributed by atoms with Crippen molar-refractivity contribution in [3.8, 4) is 11.5 Å². The molecule has 0 saturated carbocycles. The Morgan fingerprint density at radius 2 is 1.81 bits per heavy atom. The number of nitrogens with zero attached hydrogens (tertiary/aromatic N) is 5. The van der Waals surface area contributed by atoms with Crippen LogP contribution in [-0.2, 0) is 4.74 Å². The Hall–Kier alpha value is -4.21. The van der Waals surface area contributed by atoms with Crippen molar-refractivity contribution in [1.29, 1.82) is 0 Å². The molecule has 36 heavy (non-hydrogen) atoms. The second-order valence-electron chi connectivity index (χ2n) is 9.45. The van der Waals surface area contributed by atoms with Crippen molar-refractivity contribution in [2.24, 2.45) is 0 Å². The van der Waals surface area contributed by atoms with Crippen LogP contribution >= 0.6 is 0 Å². The summed E-state index contributed by atoms with van der Waals surface area (Å²) < 4.78 is 11.8. The third kappa shape index (κ3) is 6.07. The summed E-state index contributed by atoms with van der Waals surface area (Å²) in [5.74, 6) is -0.0146.